The zero-order valence-electron chi connectivity index (χ0n) is 14.3. The smallest absolute Gasteiger partial charge is 0.256 e. The van der Waals surface area contributed by atoms with Gasteiger partial charge in [0, 0.05) is 15.6 Å². The number of nitrogens with zero attached hydrogens (tertiary/aromatic N) is 2. The second kappa shape index (κ2) is 8.71. The zero-order chi connectivity index (χ0) is 19.2. The summed E-state index contributed by atoms with van der Waals surface area (Å²) in [6.45, 7) is 0. The molecule has 1 heterocycles. The van der Waals surface area contributed by atoms with Gasteiger partial charge in [0.1, 0.15) is 10.8 Å². The molecule has 0 aliphatic carbocycles. The molecule has 1 aromatic heterocycles. The zero-order valence-corrected chi connectivity index (χ0v) is 16.7. The van der Waals surface area contributed by atoms with E-state index in [1.54, 1.807) is 36.5 Å². The molecule has 27 heavy (non-hydrogen) atoms. The first kappa shape index (κ1) is 19.0. The van der Waals surface area contributed by atoms with E-state index in [0.717, 1.165) is 14.4 Å². The van der Waals surface area contributed by atoms with Gasteiger partial charge in [-0.05, 0) is 58.4 Å². The van der Waals surface area contributed by atoms with Gasteiger partial charge in [0.05, 0.1) is 30.0 Å². The van der Waals surface area contributed by atoms with Crippen molar-refractivity contribution in [2.75, 3.05) is 12.4 Å². The van der Waals surface area contributed by atoms with E-state index in [1.807, 2.05) is 24.3 Å². The van der Waals surface area contributed by atoms with E-state index < -0.39 is 0 Å². The van der Waals surface area contributed by atoms with Crippen LogP contribution >= 0.6 is 27.7 Å². The molecular formula is C20H14BrN3O2S. The van der Waals surface area contributed by atoms with Gasteiger partial charge in [0.15, 0.2) is 0 Å². The first-order chi connectivity index (χ1) is 13.1. The summed E-state index contributed by atoms with van der Waals surface area (Å²) >= 11 is 4.76. The number of amides is 1. The average molecular weight is 440 g/mol. The minimum atomic E-state index is -0.288. The second-order valence-corrected chi connectivity index (χ2v) is 7.37. The van der Waals surface area contributed by atoms with E-state index in [9.17, 15) is 4.79 Å². The molecule has 0 bridgehead atoms. The molecule has 134 valence electrons. The molecule has 5 nitrogen and oxygen atoms in total. The Labute approximate surface area is 169 Å². The van der Waals surface area contributed by atoms with Crippen LogP contribution < -0.4 is 10.1 Å². The van der Waals surface area contributed by atoms with Gasteiger partial charge in [-0.15, -0.1) is 0 Å². The highest BCUT2D eigenvalue weighted by Crippen LogP contribution is 2.31. The summed E-state index contributed by atoms with van der Waals surface area (Å²) in [5, 5.41) is 12.7. The molecule has 0 unspecified atom stereocenters. The Balaban J connectivity index is 1.88. The summed E-state index contributed by atoms with van der Waals surface area (Å²) in [7, 11) is 1.51. The van der Waals surface area contributed by atoms with E-state index in [0.29, 0.717) is 22.6 Å². The van der Waals surface area contributed by atoms with E-state index in [1.165, 1.54) is 18.9 Å². The van der Waals surface area contributed by atoms with Gasteiger partial charge in [-0.3, -0.25) is 4.79 Å². The van der Waals surface area contributed by atoms with Crippen molar-refractivity contribution in [3.63, 3.8) is 0 Å². The number of nitriles is 1. The molecule has 3 rings (SSSR count). The Bertz CT molecular complexity index is 1020. The number of hydrogen-bond donors (Lipinski definition) is 1. The van der Waals surface area contributed by atoms with Crippen LogP contribution in [0.4, 0.5) is 5.69 Å². The molecule has 2 aromatic carbocycles. The lowest BCUT2D eigenvalue weighted by molar-refractivity contribution is 0.102. The van der Waals surface area contributed by atoms with Crippen molar-refractivity contribution < 1.29 is 9.53 Å². The number of carbonyl (C=O) groups excluding carboxylic acids is 1. The number of aromatic nitrogens is 1. The molecular weight excluding hydrogens is 426 g/mol. The van der Waals surface area contributed by atoms with Gasteiger partial charge in [0.2, 0.25) is 0 Å². The highest BCUT2D eigenvalue weighted by Gasteiger charge is 2.15. The Morgan fingerprint density at radius 2 is 2.04 bits per heavy atom. The Hall–Kier alpha value is -2.82. The molecule has 0 atom stereocenters. The van der Waals surface area contributed by atoms with E-state index in [2.05, 4.69) is 32.3 Å². The van der Waals surface area contributed by atoms with Crippen LogP contribution in [0.25, 0.3) is 0 Å². The van der Waals surface area contributed by atoms with Crippen LogP contribution in [0.1, 0.15) is 15.9 Å². The second-order valence-electron chi connectivity index (χ2n) is 5.39. The summed E-state index contributed by atoms with van der Waals surface area (Å²) < 4.78 is 6.17. The summed E-state index contributed by atoms with van der Waals surface area (Å²) in [5.74, 6) is 0.200. The van der Waals surface area contributed by atoms with Crippen LogP contribution in [-0.2, 0) is 0 Å². The molecule has 1 amide bonds. The number of pyridine rings is 1. The number of carbonyl (C=O) groups is 1. The summed E-state index contributed by atoms with van der Waals surface area (Å²) in [4.78, 5) is 18.0. The molecule has 7 heteroatoms. The van der Waals surface area contributed by atoms with Crippen LogP contribution in [0, 0.1) is 11.3 Å². The molecule has 0 fully saturated rings. The Morgan fingerprint density at radius 1 is 1.22 bits per heavy atom. The maximum absolute atomic E-state index is 12.9. The van der Waals surface area contributed by atoms with Crippen molar-refractivity contribution in [3.8, 4) is 11.8 Å². The van der Waals surface area contributed by atoms with Crippen molar-refractivity contribution in [2.45, 2.75) is 9.92 Å². The number of hydrogen-bond acceptors (Lipinski definition) is 5. The average Bonchev–Trinajstić information content (AvgIpc) is 2.70. The molecule has 0 spiro atoms. The van der Waals surface area contributed by atoms with Crippen LogP contribution in [-0.4, -0.2) is 18.0 Å². The fourth-order valence-electron chi connectivity index (χ4n) is 2.34. The van der Waals surface area contributed by atoms with Gasteiger partial charge in [-0.2, -0.15) is 5.26 Å². The van der Waals surface area contributed by atoms with Crippen molar-refractivity contribution >= 4 is 39.3 Å². The number of ether oxygens (including phenoxy) is 1. The van der Waals surface area contributed by atoms with Crippen LogP contribution in [0.3, 0.4) is 0 Å². The van der Waals surface area contributed by atoms with Crippen LogP contribution in [0.2, 0.25) is 0 Å². The number of nitrogens with one attached hydrogen (secondary N) is 1. The van der Waals surface area contributed by atoms with Crippen molar-refractivity contribution in [2.24, 2.45) is 0 Å². The van der Waals surface area contributed by atoms with Gasteiger partial charge in [-0.1, -0.05) is 23.9 Å². The summed E-state index contributed by atoms with van der Waals surface area (Å²) in [5.41, 5.74) is 1.40. The topological polar surface area (TPSA) is 75.0 Å². The molecule has 0 saturated carbocycles. The van der Waals surface area contributed by atoms with Crippen LogP contribution in [0.15, 0.2) is 75.2 Å². The normalized spacial score (nSPS) is 10.1. The lowest BCUT2D eigenvalue weighted by Gasteiger charge is -2.12. The molecule has 3 aromatic rings. The quantitative estimate of drug-likeness (QED) is 0.596. The van der Waals surface area contributed by atoms with Crippen molar-refractivity contribution in [1.29, 1.82) is 5.26 Å². The lowest BCUT2D eigenvalue weighted by atomic mass is 10.1. The summed E-state index contributed by atoms with van der Waals surface area (Å²) in [6.07, 6.45) is 1.71. The highest BCUT2D eigenvalue weighted by atomic mass is 79.9. The maximum atomic E-state index is 12.9. The third-order valence-corrected chi connectivity index (χ3v) is 5.12. The van der Waals surface area contributed by atoms with Gasteiger partial charge < -0.3 is 10.1 Å². The minimum Gasteiger partial charge on any atom is -0.495 e. The molecule has 0 saturated heterocycles. The maximum Gasteiger partial charge on any atom is 0.256 e. The lowest BCUT2D eigenvalue weighted by Crippen LogP contribution is -2.13. The van der Waals surface area contributed by atoms with Crippen molar-refractivity contribution in [1.82, 2.24) is 4.98 Å². The van der Waals surface area contributed by atoms with E-state index >= 15 is 0 Å². The number of anilines is 1. The molecule has 1 N–H and O–H groups in total. The van der Waals surface area contributed by atoms with E-state index in [-0.39, 0.29) is 5.91 Å². The van der Waals surface area contributed by atoms with Crippen LogP contribution in [0.5, 0.6) is 5.75 Å². The number of methoxy groups -OCH3 is 1. The van der Waals surface area contributed by atoms with Gasteiger partial charge in [-0.25, -0.2) is 4.98 Å². The largest absolute Gasteiger partial charge is 0.495 e. The first-order valence-corrected chi connectivity index (χ1v) is 9.49. The number of rotatable bonds is 5. The van der Waals surface area contributed by atoms with Gasteiger partial charge >= 0.3 is 0 Å². The Kier molecular flexibility index (Phi) is 6.12. The first-order valence-electron chi connectivity index (χ1n) is 7.88. The third-order valence-electron chi connectivity index (χ3n) is 3.62. The third kappa shape index (κ3) is 4.67. The fraction of sp³-hybridized carbons (Fsp3) is 0.0500. The minimum absolute atomic E-state index is 0.288. The van der Waals surface area contributed by atoms with E-state index in [4.69, 9.17) is 10.00 Å². The monoisotopic (exact) mass is 439 g/mol. The fourth-order valence-corrected chi connectivity index (χ4v) is 3.46. The van der Waals surface area contributed by atoms with Crippen molar-refractivity contribution in [3.05, 3.63) is 76.4 Å². The predicted molar refractivity (Wildman–Crippen MR) is 108 cm³/mol. The SMILES string of the molecule is COc1ccc(C#N)cc1NC(=O)c1ccccc1Sc1ccc(Br)cn1. The Morgan fingerprint density at radius 3 is 2.74 bits per heavy atom. The number of halogens is 1. The standard InChI is InChI=1S/C20H14BrN3O2S/c1-26-17-8-6-13(11-22)10-16(17)24-20(25)15-4-2-3-5-18(15)27-19-9-7-14(21)12-23-19/h2-10,12H,1H3,(H,24,25). The van der Waals surface area contributed by atoms with Gasteiger partial charge in [0.25, 0.3) is 5.91 Å². The predicted octanol–water partition coefficient (Wildman–Crippen LogP) is 5.13. The molecule has 0 aliphatic rings. The summed E-state index contributed by atoms with van der Waals surface area (Å²) in [6, 6.07) is 18.0. The number of benzene rings is 2. The molecule has 0 aliphatic heterocycles. The highest BCUT2D eigenvalue weighted by molar-refractivity contribution is 9.10. The molecule has 0 radical (unpaired) electrons.